The summed E-state index contributed by atoms with van der Waals surface area (Å²) in [5.41, 5.74) is 3.04. The minimum absolute atomic E-state index is 0.0582. The van der Waals surface area contributed by atoms with E-state index >= 15 is 0 Å². The van der Waals surface area contributed by atoms with Crippen molar-refractivity contribution in [3.63, 3.8) is 0 Å². The van der Waals surface area contributed by atoms with Crippen LogP contribution >= 0.6 is 0 Å². The Kier molecular flexibility index (Phi) is 2.74. The first-order chi connectivity index (χ1) is 10.2. The third-order valence-corrected chi connectivity index (χ3v) is 4.41. The standard InChI is InChI=1S/C18H17NO2/c1-21-14-5-6-15-17(9-14)19-16(10-18(15)20)12-4-2-3-11-7-13(11)8-12/h2-3,5-6,8-11,13H,4,7H2,1H3,(H,19,20). The lowest BCUT2D eigenvalue weighted by molar-refractivity contribution is 0.415. The van der Waals surface area contributed by atoms with Crippen molar-refractivity contribution in [2.24, 2.45) is 11.8 Å². The minimum atomic E-state index is 0.0582. The zero-order valence-electron chi connectivity index (χ0n) is 11.9. The van der Waals surface area contributed by atoms with Gasteiger partial charge in [-0.25, -0.2) is 0 Å². The molecule has 1 aromatic heterocycles. The molecule has 0 saturated heterocycles. The molecule has 0 bridgehead atoms. The van der Waals surface area contributed by atoms with Gasteiger partial charge in [0.1, 0.15) is 5.75 Å². The maximum atomic E-state index is 12.3. The molecule has 2 aliphatic carbocycles. The molecule has 4 rings (SSSR count). The van der Waals surface area contributed by atoms with E-state index in [-0.39, 0.29) is 5.43 Å². The molecule has 3 nitrogen and oxygen atoms in total. The molecule has 1 saturated carbocycles. The first kappa shape index (κ1) is 12.5. The molecule has 3 heteroatoms. The molecule has 0 radical (unpaired) electrons. The van der Waals surface area contributed by atoms with E-state index in [1.807, 2.05) is 18.2 Å². The number of allylic oxidation sites excluding steroid dienone is 4. The van der Waals surface area contributed by atoms with Crippen LogP contribution in [0.25, 0.3) is 16.5 Å². The molecule has 0 spiro atoms. The Labute approximate surface area is 123 Å². The van der Waals surface area contributed by atoms with Crippen LogP contribution in [0.5, 0.6) is 5.75 Å². The average Bonchev–Trinajstić information content (AvgIpc) is 3.24. The fourth-order valence-corrected chi connectivity index (χ4v) is 3.08. The predicted molar refractivity (Wildman–Crippen MR) is 84.5 cm³/mol. The molecule has 2 aromatic rings. The topological polar surface area (TPSA) is 42.1 Å². The Morgan fingerprint density at radius 1 is 1.24 bits per heavy atom. The highest BCUT2D eigenvalue weighted by molar-refractivity contribution is 5.82. The molecule has 2 atom stereocenters. The van der Waals surface area contributed by atoms with E-state index in [4.69, 9.17) is 4.74 Å². The molecular weight excluding hydrogens is 262 g/mol. The number of aromatic nitrogens is 1. The Hall–Kier alpha value is -2.29. The molecule has 2 unspecified atom stereocenters. The van der Waals surface area contributed by atoms with E-state index in [1.165, 1.54) is 12.0 Å². The molecule has 21 heavy (non-hydrogen) atoms. The smallest absolute Gasteiger partial charge is 0.190 e. The van der Waals surface area contributed by atoms with Crippen LogP contribution in [0.1, 0.15) is 18.5 Å². The summed E-state index contributed by atoms with van der Waals surface area (Å²) in [7, 11) is 1.63. The third kappa shape index (κ3) is 2.19. The van der Waals surface area contributed by atoms with Gasteiger partial charge in [0.05, 0.1) is 12.6 Å². The maximum Gasteiger partial charge on any atom is 0.190 e. The summed E-state index contributed by atoms with van der Waals surface area (Å²) in [4.78, 5) is 15.7. The lowest BCUT2D eigenvalue weighted by Crippen LogP contribution is -2.05. The van der Waals surface area contributed by atoms with Crippen LogP contribution in [-0.2, 0) is 0 Å². The molecule has 1 aromatic carbocycles. The fraction of sp³-hybridized carbons (Fsp3) is 0.278. The number of H-pyrrole nitrogens is 1. The molecule has 1 heterocycles. The van der Waals surface area contributed by atoms with Crippen molar-refractivity contribution >= 4 is 16.5 Å². The van der Waals surface area contributed by atoms with E-state index in [0.717, 1.165) is 29.3 Å². The van der Waals surface area contributed by atoms with Gasteiger partial charge >= 0.3 is 0 Å². The zero-order chi connectivity index (χ0) is 14.4. The minimum Gasteiger partial charge on any atom is -0.497 e. The Morgan fingerprint density at radius 2 is 2.14 bits per heavy atom. The Morgan fingerprint density at radius 3 is 3.00 bits per heavy atom. The number of hydrogen-bond acceptors (Lipinski definition) is 2. The zero-order valence-corrected chi connectivity index (χ0v) is 11.9. The predicted octanol–water partition coefficient (Wildman–Crippen LogP) is 3.52. The highest BCUT2D eigenvalue weighted by Gasteiger charge is 2.34. The maximum absolute atomic E-state index is 12.3. The third-order valence-electron chi connectivity index (χ3n) is 4.41. The van der Waals surface area contributed by atoms with E-state index in [2.05, 4.69) is 23.2 Å². The van der Waals surface area contributed by atoms with Crippen molar-refractivity contribution in [3.05, 3.63) is 58.4 Å². The number of nitrogens with one attached hydrogen (secondary N) is 1. The normalized spacial score (nSPS) is 23.4. The van der Waals surface area contributed by atoms with Gasteiger partial charge in [0, 0.05) is 23.2 Å². The second-order valence-electron chi connectivity index (χ2n) is 5.85. The summed E-state index contributed by atoms with van der Waals surface area (Å²) < 4.78 is 5.24. The number of benzene rings is 1. The number of ether oxygens (including phenoxy) is 1. The lowest BCUT2D eigenvalue weighted by Gasteiger charge is -2.08. The number of hydrogen-bond donors (Lipinski definition) is 1. The summed E-state index contributed by atoms with van der Waals surface area (Å²) in [6, 6.07) is 7.24. The van der Waals surface area contributed by atoms with Crippen LogP contribution in [0.2, 0.25) is 0 Å². The van der Waals surface area contributed by atoms with Crippen LogP contribution in [0.15, 0.2) is 47.3 Å². The largest absolute Gasteiger partial charge is 0.497 e. The first-order valence-corrected chi connectivity index (χ1v) is 7.33. The van der Waals surface area contributed by atoms with Gasteiger partial charge in [0.15, 0.2) is 5.43 Å². The van der Waals surface area contributed by atoms with Crippen molar-refractivity contribution < 1.29 is 4.74 Å². The van der Waals surface area contributed by atoms with Gasteiger partial charge in [0.2, 0.25) is 0 Å². The van der Waals surface area contributed by atoms with Crippen LogP contribution < -0.4 is 10.2 Å². The Balaban J connectivity index is 1.85. The summed E-state index contributed by atoms with van der Waals surface area (Å²) in [6.45, 7) is 0. The van der Waals surface area contributed by atoms with Crippen molar-refractivity contribution in [1.29, 1.82) is 0 Å². The second-order valence-corrected chi connectivity index (χ2v) is 5.85. The molecular formula is C18H17NO2. The van der Waals surface area contributed by atoms with Crippen molar-refractivity contribution in [1.82, 2.24) is 4.98 Å². The quantitative estimate of drug-likeness (QED) is 0.855. The fourth-order valence-electron chi connectivity index (χ4n) is 3.08. The summed E-state index contributed by atoms with van der Waals surface area (Å²) >= 11 is 0. The number of pyridine rings is 1. The number of rotatable bonds is 2. The van der Waals surface area contributed by atoms with E-state index in [9.17, 15) is 4.79 Å². The van der Waals surface area contributed by atoms with Gasteiger partial charge in [-0.15, -0.1) is 0 Å². The highest BCUT2D eigenvalue weighted by atomic mass is 16.5. The van der Waals surface area contributed by atoms with Crippen molar-refractivity contribution in [3.8, 4) is 5.75 Å². The number of aromatic amines is 1. The van der Waals surface area contributed by atoms with E-state index in [0.29, 0.717) is 11.3 Å². The van der Waals surface area contributed by atoms with Gasteiger partial charge in [-0.05, 0) is 42.4 Å². The van der Waals surface area contributed by atoms with Gasteiger partial charge in [-0.2, -0.15) is 0 Å². The van der Waals surface area contributed by atoms with Crippen molar-refractivity contribution in [2.45, 2.75) is 12.8 Å². The SMILES string of the molecule is COc1ccc2c(=O)cc(C3=CC4CC4C=CC3)[nH]c2c1. The summed E-state index contributed by atoms with van der Waals surface area (Å²) in [6.07, 6.45) is 8.97. The van der Waals surface area contributed by atoms with Gasteiger partial charge in [-0.1, -0.05) is 18.2 Å². The Bertz CT molecular complexity index is 829. The number of methoxy groups -OCH3 is 1. The molecule has 1 fully saturated rings. The van der Waals surface area contributed by atoms with Crippen LogP contribution in [-0.4, -0.2) is 12.1 Å². The first-order valence-electron chi connectivity index (χ1n) is 7.33. The molecule has 0 aliphatic heterocycles. The molecule has 0 amide bonds. The molecule has 1 N–H and O–H groups in total. The summed E-state index contributed by atoms with van der Waals surface area (Å²) in [5.74, 6) is 2.13. The summed E-state index contributed by atoms with van der Waals surface area (Å²) in [5, 5.41) is 0.702. The van der Waals surface area contributed by atoms with E-state index < -0.39 is 0 Å². The lowest BCUT2D eigenvalue weighted by atomic mass is 10.1. The van der Waals surface area contributed by atoms with Crippen LogP contribution in [0.4, 0.5) is 0 Å². The van der Waals surface area contributed by atoms with Gasteiger partial charge in [-0.3, -0.25) is 4.79 Å². The average molecular weight is 279 g/mol. The monoisotopic (exact) mass is 279 g/mol. The molecule has 106 valence electrons. The van der Waals surface area contributed by atoms with Crippen LogP contribution in [0.3, 0.4) is 0 Å². The van der Waals surface area contributed by atoms with Crippen molar-refractivity contribution in [2.75, 3.05) is 7.11 Å². The second kappa shape index (κ2) is 4.62. The van der Waals surface area contributed by atoms with E-state index in [1.54, 1.807) is 13.2 Å². The number of fused-ring (bicyclic) bond motifs is 2. The van der Waals surface area contributed by atoms with Gasteiger partial charge in [0.25, 0.3) is 0 Å². The van der Waals surface area contributed by atoms with Gasteiger partial charge < -0.3 is 9.72 Å². The highest BCUT2D eigenvalue weighted by Crippen LogP contribution is 2.44. The molecule has 2 aliphatic rings. The van der Waals surface area contributed by atoms with Crippen LogP contribution in [0, 0.1) is 11.8 Å².